The summed E-state index contributed by atoms with van der Waals surface area (Å²) in [6.45, 7) is 4.24. The number of thiazole rings is 1. The van der Waals surface area contributed by atoms with Crippen LogP contribution in [0.1, 0.15) is 5.82 Å². The van der Waals surface area contributed by atoms with Gasteiger partial charge in [-0.15, -0.1) is 28.1 Å². The van der Waals surface area contributed by atoms with E-state index in [1.807, 2.05) is 17.5 Å². The Labute approximate surface area is 219 Å². The van der Waals surface area contributed by atoms with Crippen LogP contribution in [0.15, 0.2) is 65.7 Å². The van der Waals surface area contributed by atoms with Crippen LogP contribution in [0.5, 0.6) is 5.75 Å². The number of allylic oxidation sites excluding steroid dienone is 1. The van der Waals surface area contributed by atoms with Crippen LogP contribution in [0.3, 0.4) is 0 Å². The van der Waals surface area contributed by atoms with Crippen molar-refractivity contribution < 1.29 is 13.9 Å². The summed E-state index contributed by atoms with van der Waals surface area (Å²) in [5, 5.41) is 14.8. The van der Waals surface area contributed by atoms with Crippen molar-refractivity contribution in [2.24, 2.45) is 0 Å². The minimum Gasteiger partial charge on any atom is -0.484 e. The van der Waals surface area contributed by atoms with Crippen LogP contribution in [0, 0.1) is 5.82 Å². The number of carbonyl (C=O) groups is 1. The van der Waals surface area contributed by atoms with Crippen molar-refractivity contribution in [3.05, 3.63) is 82.2 Å². The largest absolute Gasteiger partial charge is 0.484 e. The monoisotopic (exact) mass is 549 g/mol. The summed E-state index contributed by atoms with van der Waals surface area (Å²) in [6, 6.07) is 11.2. The second kappa shape index (κ2) is 11.7. The lowest BCUT2D eigenvalue weighted by Crippen LogP contribution is -2.15. The first-order chi connectivity index (χ1) is 16.9. The van der Waals surface area contributed by atoms with Gasteiger partial charge in [-0.3, -0.25) is 9.36 Å². The molecule has 0 radical (unpaired) electrons. The third-order valence-electron chi connectivity index (χ3n) is 4.58. The molecule has 0 aliphatic heterocycles. The van der Waals surface area contributed by atoms with Gasteiger partial charge in [0.25, 0.3) is 0 Å². The quantitative estimate of drug-likeness (QED) is 0.183. The number of hydrogen-bond donors (Lipinski definition) is 1. The molecule has 2 aromatic heterocycles. The smallest absolute Gasteiger partial charge is 0.236 e. The normalized spacial score (nSPS) is 10.8. The van der Waals surface area contributed by atoms with Gasteiger partial charge >= 0.3 is 0 Å². The van der Waals surface area contributed by atoms with Crippen LogP contribution in [0.25, 0.3) is 11.3 Å². The van der Waals surface area contributed by atoms with Crippen molar-refractivity contribution in [3.8, 4) is 17.0 Å². The molecule has 1 amide bonds. The fourth-order valence-corrected chi connectivity index (χ4v) is 4.80. The maximum Gasteiger partial charge on any atom is 0.236 e. The number of carbonyl (C=O) groups excluding carboxylic acids is 1. The summed E-state index contributed by atoms with van der Waals surface area (Å²) in [5.41, 5.74) is 1.67. The number of aromatic nitrogens is 4. The Bertz CT molecular complexity index is 1340. The SMILES string of the molecule is C=CCn1c(COc2ccc(F)cc2Cl)nnc1SCC(=O)Nc1nc(-c2ccc(Cl)cc2)cs1. The number of amides is 1. The number of ether oxygens (including phenoxy) is 1. The summed E-state index contributed by atoms with van der Waals surface area (Å²) < 4.78 is 20.7. The predicted molar refractivity (Wildman–Crippen MR) is 138 cm³/mol. The molecule has 0 aliphatic carbocycles. The molecular weight excluding hydrogens is 532 g/mol. The molecule has 0 unspecified atom stereocenters. The van der Waals surface area contributed by atoms with Gasteiger partial charge in [0.1, 0.15) is 18.2 Å². The van der Waals surface area contributed by atoms with Gasteiger partial charge < -0.3 is 10.1 Å². The zero-order chi connectivity index (χ0) is 24.8. The highest BCUT2D eigenvalue weighted by Crippen LogP contribution is 2.28. The van der Waals surface area contributed by atoms with E-state index in [0.717, 1.165) is 11.3 Å². The Hall–Kier alpha value is -2.92. The highest BCUT2D eigenvalue weighted by molar-refractivity contribution is 7.99. The first kappa shape index (κ1) is 25.2. The molecule has 12 heteroatoms. The maximum atomic E-state index is 13.2. The standard InChI is InChI=1S/C23H18Cl2FN5O2S2/c1-2-9-31-20(11-33-19-8-7-16(26)10-17(19)25)29-30-23(31)35-13-21(32)28-22-27-18(12-34-22)14-3-5-15(24)6-4-14/h2-8,10,12H,1,9,11,13H2,(H,27,28,32). The third kappa shape index (κ3) is 6.61. The number of halogens is 3. The van der Waals surface area contributed by atoms with Crippen LogP contribution in [-0.2, 0) is 17.9 Å². The summed E-state index contributed by atoms with van der Waals surface area (Å²) >= 11 is 14.5. The van der Waals surface area contributed by atoms with Gasteiger partial charge in [0.05, 0.1) is 16.5 Å². The number of thioether (sulfide) groups is 1. The van der Waals surface area contributed by atoms with E-state index < -0.39 is 5.82 Å². The number of benzene rings is 2. The molecule has 0 spiro atoms. The molecule has 2 heterocycles. The molecule has 35 heavy (non-hydrogen) atoms. The highest BCUT2D eigenvalue weighted by atomic mass is 35.5. The van der Waals surface area contributed by atoms with E-state index in [2.05, 4.69) is 27.1 Å². The number of nitrogens with one attached hydrogen (secondary N) is 1. The molecule has 0 saturated heterocycles. The van der Waals surface area contributed by atoms with E-state index in [0.29, 0.717) is 33.4 Å². The summed E-state index contributed by atoms with van der Waals surface area (Å²) in [7, 11) is 0. The molecule has 0 fully saturated rings. The van der Waals surface area contributed by atoms with Crippen LogP contribution in [0.4, 0.5) is 9.52 Å². The van der Waals surface area contributed by atoms with Crippen molar-refractivity contribution >= 4 is 57.3 Å². The van der Waals surface area contributed by atoms with E-state index in [-0.39, 0.29) is 23.3 Å². The minimum absolute atomic E-state index is 0.0611. The zero-order valence-corrected chi connectivity index (χ0v) is 21.2. The Kier molecular flexibility index (Phi) is 8.40. The predicted octanol–water partition coefficient (Wildman–Crippen LogP) is 6.34. The molecule has 4 aromatic rings. The number of rotatable bonds is 10. The minimum atomic E-state index is -0.451. The fraction of sp³-hybridized carbons (Fsp3) is 0.130. The van der Waals surface area contributed by atoms with Gasteiger partial charge in [-0.2, -0.15) is 0 Å². The average Bonchev–Trinajstić information content (AvgIpc) is 3.45. The number of anilines is 1. The molecule has 0 saturated carbocycles. The van der Waals surface area contributed by atoms with Crippen molar-refractivity contribution in [2.75, 3.05) is 11.1 Å². The van der Waals surface area contributed by atoms with Gasteiger partial charge in [0.15, 0.2) is 16.1 Å². The van der Waals surface area contributed by atoms with E-state index in [4.69, 9.17) is 27.9 Å². The fourth-order valence-electron chi connectivity index (χ4n) is 2.95. The number of hydrogen-bond acceptors (Lipinski definition) is 7. The molecule has 0 bridgehead atoms. The molecule has 4 rings (SSSR count). The lowest BCUT2D eigenvalue weighted by Gasteiger charge is -2.10. The van der Waals surface area contributed by atoms with Crippen molar-refractivity contribution in [3.63, 3.8) is 0 Å². The maximum absolute atomic E-state index is 13.2. The Morgan fingerprint density at radius 3 is 2.77 bits per heavy atom. The van der Waals surface area contributed by atoms with Crippen molar-refractivity contribution in [1.29, 1.82) is 0 Å². The van der Waals surface area contributed by atoms with Gasteiger partial charge in [0, 0.05) is 22.5 Å². The van der Waals surface area contributed by atoms with Gasteiger partial charge in [-0.05, 0) is 30.3 Å². The number of nitrogens with zero attached hydrogens (tertiary/aromatic N) is 4. The van der Waals surface area contributed by atoms with Crippen LogP contribution in [-0.4, -0.2) is 31.4 Å². The van der Waals surface area contributed by atoms with Gasteiger partial charge in [-0.25, -0.2) is 9.37 Å². The van der Waals surface area contributed by atoms with Crippen LogP contribution in [0.2, 0.25) is 10.0 Å². The zero-order valence-electron chi connectivity index (χ0n) is 18.1. The molecule has 0 aliphatic rings. The van der Waals surface area contributed by atoms with Crippen molar-refractivity contribution in [1.82, 2.24) is 19.7 Å². The van der Waals surface area contributed by atoms with Gasteiger partial charge in [-0.1, -0.05) is 53.2 Å². The molecule has 7 nitrogen and oxygen atoms in total. The van der Waals surface area contributed by atoms with E-state index >= 15 is 0 Å². The van der Waals surface area contributed by atoms with E-state index in [1.54, 1.807) is 22.8 Å². The first-order valence-electron chi connectivity index (χ1n) is 10.2. The Balaban J connectivity index is 1.35. The topological polar surface area (TPSA) is 81.9 Å². The lowest BCUT2D eigenvalue weighted by atomic mass is 10.2. The Morgan fingerprint density at radius 1 is 1.23 bits per heavy atom. The average molecular weight is 550 g/mol. The first-order valence-corrected chi connectivity index (χ1v) is 12.8. The van der Waals surface area contributed by atoms with Crippen LogP contribution >= 0.6 is 46.3 Å². The van der Waals surface area contributed by atoms with E-state index in [1.165, 1.54) is 41.3 Å². The molecular formula is C23H18Cl2FN5O2S2. The highest BCUT2D eigenvalue weighted by Gasteiger charge is 2.16. The molecule has 1 N–H and O–H groups in total. The summed E-state index contributed by atoms with van der Waals surface area (Å²) in [5.74, 6) is 0.275. The summed E-state index contributed by atoms with van der Waals surface area (Å²) in [6.07, 6.45) is 1.69. The molecule has 2 aromatic carbocycles. The Morgan fingerprint density at radius 2 is 2.03 bits per heavy atom. The van der Waals surface area contributed by atoms with E-state index in [9.17, 15) is 9.18 Å². The second-order valence-electron chi connectivity index (χ2n) is 7.04. The van der Waals surface area contributed by atoms with Crippen LogP contribution < -0.4 is 10.1 Å². The molecule has 180 valence electrons. The van der Waals surface area contributed by atoms with Crippen molar-refractivity contribution in [2.45, 2.75) is 18.3 Å². The lowest BCUT2D eigenvalue weighted by molar-refractivity contribution is -0.113. The van der Waals surface area contributed by atoms with Gasteiger partial charge in [0.2, 0.25) is 5.91 Å². The summed E-state index contributed by atoms with van der Waals surface area (Å²) in [4.78, 5) is 17.0. The second-order valence-corrected chi connectivity index (χ2v) is 9.69. The molecule has 0 atom stereocenters. The third-order valence-corrected chi connectivity index (χ3v) is 6.85.